The summed E-state index contributed by atoms with van der Waals surface area (Å²) in [4.78, 5) is 12.7. The van der Waals surface area contributed by atoms with Gasteiger partial charge < -0.3 is 14.2 Å². The van der Waals surface area contributed by atoms with Gasteiger partial charge in [-0.05, 0) is 60.2 Å². The molecule has 0 heterocycles. The van der Waals surface area contributed by atoms with E-state index >= 15 is 0 Å². The lowest BCUT2D eigenvalue weighted by Gasteiger charge is -2.23. The number of methoxy groups -OCH3 is 2. The SMILES string of the molecule is C=CCOc1ccc(/C=N\NC(=O)CN(c2ccccc2)S(=O)(=O)c2ccc(OC)cc2)cc1OC. The number of amides is 1. The molecule has 0 unspecified atom stereocenters. The van der Waals surface area contributed by atoms with E-state index in [0.29, 0.717) is 35.1 Å². The van der Waals surface area contributed by atoms with Crippen LogP contribution in [-0.4, -0.2) is 47.9 Å². The van der Waals surface area contributed by atoms with Crippen LogP contribution in [0.3, 0.4) is 0 Å². The lowest BCUT2D eigenvalue weighted by molar-refractivity contribution is -0.119. The molecule has 0 radical (unpaired) electrons. The van der Waals surface area contributed by atoms with Crippen LogP contribution < -0.4 is 23.9 Å². The normalized spacial score (nSPS) is 11.1. The zero-order chi connectivity index (χ0) is 26.0. The molecule has 0 aliphatic carbocycles. The van der Waals surface area contributed by atoms with Crippen molar-refractivity contribution < 1.29 is 27.4 Å². The highest BCUT2D eigenvalue weighted by Gasteiger charge is 2.27. The average molecular weight is 510 g/mol. The Morgan fingerprint density at radius 2 is 1.72 bits per heavy atom. The number of hydrogen-bond donors (Lipinski definition) is 1. The molecule has 188 valence electrons. The van der Waals surface area contributed by atoms with E-state index in [2.05, 4.69) is 17.1 Å². The fourth-order valence-corrected chi connectivity index (χ4v) is 4.58. The molecule has 0 aromatic heterocycles. The van der Waals surface area contributed by atoms with Crippen molar-refractivity contribution >= 4 is 27.8 Å². The van der Waals surface area contributed by atoms with E-state index in [1.54, 1.807) is 66.7 Å². The third kappa shape index (κ3) is 6.63. The van der Waals surface area contributed by atoms with E-state index in [0.717, 1.165) is 4.31 Å². The highest BCUT2D eigenvalue weighted by molar-refractivity contribution is 7.92. The van der Waals surface area contributed by atoms with Crippen molar-refractivity contribution in [1.29, 1.82) is 0 Å². The van der Waals surface area contributed by atoms with Crippen LogP contribution in [-0.2, 0) is 14.8 Å². The van der Waals surface area contributed by atoms with Crippen LogP contribution in [0.5, 0.6) is 17.2 Å². The molecule has 9 nitrogen and oxygen atoms in total. The van der Waals surface area contributed by atoms with Crippen molar-refractivity contribution in [3.63, 3.8) is 0 Å². The van der Waals surface area contributed by atoms with E-state index < -0.39 is 22.5 Å². The fraction of sp³-hybridized carbons (Fsp3) is 0.154. The van der Waals surface area contributed by atoms with Crippen LogP contribution >= 0.6 is 0 Å². The molecular weight excluding hydrogens is 482 g/mol. The van der Waals surface area contributed by atoms with E-state index in [-0.39, 0.29) is 4.90 Å². The molecule has 0 bridgehead atoms. The maximum absolute atomic E-state index is 13.4. The number of sulfonamides is 1. The molecule has 36 heavy (non-hydrogen) atoms. The Labute approximate surface area is 210 Å². The molecule has 0 saturated heterocycles. The van der Waals surface area contributed by atoms with Gasteiger partial charge in [0.25, 0.3) is 15.9 Å². The van der Waals surface area contributed by atoms with Gasteiger partial charge in [0.05, 0.1) is 31.0 Å². The van der Waals surface area contributed by atoms with Gasteiger partial charge in [-0.15, -0.1) is 0 Å². The Balaban J connectivity index is 1.76. The summed E-state index contributed by atoms with van der Waals surface area (Å²) in [5, 5.41) is 3.96. The summed E-state index contributed by atoms with van der Waals surface area (Å²) >= 11 is 0. The van der Waals surface area contributed by atoms with Crippen LogP contribution in [0.2, 0.25) is 0 Å². The van der Waals surface area contributed by atoms with Gasteiger partial charge in [-0.1, -0.05) is 30.9 Å². The van der Waals surface area contributed by atoms with Crippen molar-refractivity contribution in [2.24, 2.45) is 5.10 Å². The van der Waals surface area contributed by atoms with Gasteiger partial charge in [-0.3, -0.25) is 9.10 Å². The van der Waals surface area contributed by atoms with Gasteiger partial charge in [-0.2, -0.15) is 5.10 Å². The fourth-order valence-electron chi connectivity index (χ4n) is 3.16. The summed E-state index contributed by atoms with van der Waals surface area (Å²) in [5.74, 6) is 0.933. The predicted octanol–water partition coefficient (Wildman–Crippen LogP) is 3.61. The molecule has 0 spiro atoms. The molecule has 10 heteroatoms. The molecule has 1 amide bonds. The number of benzene rings is 3. The number of anilines is 1. The molecular formula is C26H27N3O6S. The number of ether oxygens (including phenoxy) is 3. The zero-order valence-electron chi connectivity index (χ0n) is 20.0. The Hall–Kier alpha value is -4.31. The van der Waals surface area contributed by atoms with E-state index in [9.17, 15) is 13.2 Å². The van der Waals surface area contributed by atoms with Crippen molar-refractivity contribution in [3.05, 3.63) is 91.0 Å². The summed E-state index contributed by atoms with van der Waals surface area (Å²) in [6.07, 6.45) is 3.04. The smallest absolute Gasteiger partial charge is 0.264 e. The number of nitrogens with zero attached hydrogens (tertiary/aromatic N) is 2. The van der Waals surface area contributed by atoms with Crippen LogP contribution in [0.15, 0.2) is 95.4 Å². The molecule has 0 saturated carbocycles. The Morgan fingerprint density at radius 3 is 2.36 bits per heavy atom. The minimum Gasteiger partial charge on any atom is -0.497 e. The topological polar surface area (TPSA) is 107 Å². The Bertz CT molecular complexity index is 1310. The first-order chi connectivity index (χ1) is 17.4. The Morgan fingerprint density at radius 1 is 1.00 bits per heavy atom. The van der Waals surface area contributed by atoms with Gasteiger partial charge in [-0.25, -0.2) is 13.8 Å². The molecule has 3 aromatic rings. The summed E-state index contributed by atoms with van der Waals surface area (Å²) < 4.78 is 43.7. The van der Waals surface area contributed by atoms with Crippen LogP contribution in [0.25, 0.3) is 0 Å². The monoisotopic (exact) mass is 509 g/mol. The minimum atomic E-state index is -4.05. The van der Waals surface area contributed by atoms with Gasteiger partial charge in [0, 0.05) is 0 Å². The quantitative estimate of drug-likeness (QED) is 0.227. The number of carbonyl (C=O) groups is 1. The zero-order valence-corrected chi connectivity index (χ0v) is 20.8. The number of hydrogen-bond acceptors (Lipinski definition) is 7. The summed E-state index contributed by atoms with van der Waals surface area (Å²) in [5.41, 5.74) is 3.36. The maximum Gasteiger partial charge on any atom is 0.264 e. The maximum atomic E-state index is 13.4. The molecule has 0 aliphatic rings. The van der Waals surface area contributed by atoms with Crippen LogP contribution in [0.1, 0.15) is 5.56 Å². The first-order valence-corrected chi connectivity index (χ1v) is 12.3. The molecule has 0 aliphatic heterocycles. The lowest BCUT2D eigenvalue weighted by Crippen LogP contribution is -2.39. The number of rotatable bonds is 12. The summed E-state index contributed by atoms with van der Waals surface area (Å²) in [6.45, 7) is 3.46. The van der Waals surface area contributed by atoms with Gasteiger partial charge >= 0.3 is 0 Å². The first-order valence-electron chi connectivity index (χ1n) is 10.8. The molecule has 3 aromatic carbocycles. The minimum absolute atomic E-state index is 0.0225. The van der Waals surface area contributed by atoms with E-state index in [1.165, 1.54) is 32.6 Å². The highest BCUT2D eigenvalue weighted by atomic mass is 32.2. The standard InChI is InChI=1S/C26H27N3O6S/c1-4-16-35-24-15-10-20(17-25(24)34-3)18-27-28-26(30)19-29(21-8-6-5-7-9-21)36(31,32)23-13-11-22(33-2)12-14-23/h4-15,17-18H,1,16,19H2,2-3H3,(H,28,30)/b27-18-. The first kappa shape index (κ1) is 26.3. The van der Waals surface area contributed by atoms with Crippen molar-refractivity contribution in [2.45, 2.75) is 4.90 Å². The molecule has 1 N–H and O–H groups in total. The lowest BCUT2D eigenvalue weighted by atomic mass is 10.2. The largest absolute Gasteiger partial charge is 0.497 e. The van der Waals surface area contributed by atoms with Gasteiger partial charge in [0.2, 0.25) is 0 Å². The molecule has 3 rings (SSSR count). The van der Waals surface area contributed by atoms with Crippen molar-refractivity contribution in [1.82, 2.24) is 5.43 Å². The van der Waals surface area contributed by atoms with Crippen LogP contribution in [0, 0.1) is 0 Å². The third-order valence-electron chi connectivity index (χ3n) is 4.93. The summed E-state index contributed by atoms with van der Waals surface area (Å²) in [6, 6.07) is 19.4. The van der Waals surface area contributed by atoms with Crippen molar-refractivity contribution in [2.75, 3.05) is 31.7 Å². The number of para-hydroxylation sites is 1. The Kier molecular flexibility index (Phi) is 9.07. The van der Waals surface area contributed by atoms with Gasteiger partial charge in [0.15, 0.2) is 11.5 Å². The molecule has 0 atom stereocenters. The van der Waals surface area contributed by atoms with Gasteiger partial charge in [0.1, 0.15) is 18.9 Å². The number of carbonyl (C=O) groups excluding carboxylic acids is 1. The summed E-state index contributed by atoms with van der Waals surface area (Å²) in [7, 11) is -1.04. The predicted molar refractivity (Wildman–Crippen MR) is 138 cm³/mol. The second-order valence-corrected chi connectivity index (χ2v) is 9.19. The van der Waals surface area contributed by atoms with E-state index in [1.807, 2.05) is 0 Å². The highest BCUT2D eigenvalue weighted by Crippen LogP contribution is 2.28. The second-order valence-electron chi connectivity index (χ2n) is 7.33. The van der Waals surface area contributed by atoms with Crippen LogP contribution in [0.4, 0.5) is 5.69 Å². The number of nitrogens with one attached hydrogen (secondary N) is 1. The van der Waals surface area contributed by atoms with Crippen molar-refractivity contribution in [3.8, 4) is 17.2 Å². The second kappa shape index (κ2) is 12.4. The molecule has 0 fully saturated rings. The third-order valence-corrected chi connectivity index (χ3v) is 6.71. The van der Waals surface area contributed by atoms with E-state index in [4.69, 9.17) is 14.2 Å². The number of hydrazone groups is 1. The average Bonchev–Trinajstić information content (AvgIpc) is 2.91.